The maximum Gasteiger partial charge on any atom is 0.317 e. The molecule has 0 bridgehead atoms. The zero-order valence-electron chi connectivity index (χ0n) is 13.8. The molecule has 2 aliphatic rings. The van der Waals surface area contributed by atoms with E-state index in [0.29, 0.717) is 44.7 Å². The Morgan fingerprint density at radius 3 is 2.75 bits per heavy atom. The molecule has 1 unspecified atom stereocenters. The van der Waals surface area contributed by atoms with Crippen molar-refractivity contribution in [2.75, 3.05) is 26.8 Å². The molecule has 7 heteroatoms. The summed E-state index contributed by atoms with van der Waals surface area (Å²) in [5.74, 6) is 1.08. The largest absolute Gasteiger partial charge is 0.493 e. The number of para-hydroxylation sites is 1. The summed E-state index contributed by atoms with van der Waals surface area (Å²) in [6, 6.07) is 5.57. The van der Waals surface area contributed by atoms with E-state index in [1.54, 1.807) is 12.0 Å². The minimum atomic E-state index is -0.277. The third-order valence-corrected chi connectivity index (χ3v) is 4.69. The number of carbonyl (C=O) groups is 2. The fourth-order valence-corrected chi connectivity index (χ4v) is 3.28. The molecule has 1 saturated heterocycles. The van der Waals surface area contributed by atoms with Gasteiger partial charge in [0.15, 0.2) is 11.5 Å². The number of benzene rings is 1. The first-order chi connectivity index (χ1) is 11.6. The minimum Gasteiger partial charge on any atom is -0.493 e. The Morgan fingerprint density at radius 1 is 1.33 bits per heavy atom. The minimum absolute atomic E-state index is 0.0778. The molecule has 2 aliphatic heterocycles. The van der Waals surface area contributed by atoms with Crippen molar-refractivity contribution in [2.24, 2.45) is 11.7 Å². The van der Waals surface area contributed by atoms with Gasteiger partial charge in [0.05, 0.1) is 13.2 Å². The van der Waals surface area contributed by atoms with E-state index in [-0.39, 0.29) is 23.9 Å². The van der Waals surface area contributed by atoms with Crippen LogP contribution in [0.3, 0.4) is 0 Å². The monoisotopic (exact) mass is 333 g/mol. The first kappa shape index (κ1) is 16.4. The van der Waals surface area contributed by atoms with Crippen LogP contribution in [0.25, 0.3) is 0 Å². The highest BCUT2D eigenvalue weighted by Gasteiger charge is 2.29. The van der Waals surface area contributed by atoms with E-state index in [4.69, 9.17) is 15.2 Å². The number of primary amides is 1. The number of carbonyl (C=O) groups excluding carboxylic acids is 2. The molecular formula is C17H23N3O4. The molecule has 7 nitrogen and oxygen atoms in total. The number of hydrogen-bond acceptors (Lipinski definition) is 4. The Bertz CT molecular complexity index is 626. The molecule has 1 atom stereocenters. The maximum atomic E-state index is 12.4. The number of hydrogen-bond donors (Lipinski definition) is 2. The smallest absolute Gasteiger partial charge is 0.317 e. The van der Waals surface area contributed by atoms with Gasteiger partial charge in [-0.3, -0.25) is 4.79 Å². The SMILES string of the molecule is COc1cccc2c1OCC(NC(=O)N1CCC(C(N)=O)CC1)C2. The van der Waals surface area contributed by atoms with Gasteiger partial charge in [-0.2, -0.15) is 0 Å². The predicted octanol–water partition coefficient (Wildman–Crippen LogP) is 0.906. The van der Waals surface area contributed by atoms with Gasteiger partial charge in [-0.15, -0.1) is 0 Å². The van der Waals surface area contributed by atoms with E-state index < -0.39 is 0 Å². The van der Waals surface area contributed by atoms with Gasteiger partial charge in [-0.05, 0) is 25.3 Å². The van der Waals surface area contributed by atoms with Crippen LogP contribution in [0, 0.1) is 5.92 Å². The Hall–Kier alpha value is -2.44. The van der Waals surface area contributed by atoms with Crippen LogP contribution in [0.4, 0.5) is 4.79 Å². The molecule has 0 aromatic heterocycles. The van der Waals surface area contributed by atoms with Gasteiger partial charge in [0.1, 0.15) is 6.61 Å². The van der Waals surface area contributed by atoms with Crippen molar-refractivity contribution in [3.63, 3.8) is 0 Å². The lowest BCUT2D eigenvalue weighted by atomic mass is 9.96. The number of nitrogens with zero attached hydrogens (tertiary/aromatic N) is 1. The number of fused-ring (bicyclic) bond motifs is 1. The molecule has 1 fully saturated rings. The molecule has 3 amide bonds. The molecule has 130 valence electrons. The summed E-state index contributed by atoms with van der Waals surface area (Å²) in [4.78, 5) is 25.3. The van der Waals surface area contributed by atoms with Crippen molar-refractivity contribution in [1.82, 2.24) is 10.2 Å². The first-order valence-electron chi connectivity index (χ1n) is 8.22. The lowest BCUT2D eigenvalue weighted by Crippen LogP contribution is -2.51. The Kier molecular flexibility index (Phi) is 4.78. The Balaban J connectivity index is 1.56. The summed E-state index contributed by atoms with van der Waals surface area (Å²) in [6.45, 7) is 1.52. The molecule has 2 heterocycles. The lowest BCUT2D eigenvalue weighted by Gasteiger charge is -2.33. The van der Waals surface area contributed by atoms with Gasteiger partial charge in [0.2, 0.25) is 5.91 Å². The van der Waals surface area contributed by atoms with Crippen molar-refractivity contribution in [1.29, 1.82) is 0 Å². The molecule has 1 aromatic carbocycles. The summed E-state index contributed by atoms with van der Waals surface area (Å²) in [6.07, 6.45) is 1.96. The van der Waals surface area contributed by atoms with Crippen LogP contribution in [0.1, 0.15) is 18.4 Å². The molecule has 0 spiro atoms. The van der Waals surface area contributed by atoms with E-state index in [1.165, 1.54) is 0 Å². The van der Waals surface area contributed by atoms with Crippen LogP contribution in [0.15, 0.2) is 18.2 Å². The van der Waals surface area contributed by atoms with Crippen LogP contribution < -0.4 is 20.5 Å². The lowest BCUT2D eigenvalue weighted by molar-refractivity contribution is -0.123. The zero-order chi connectivity index (χ0) is 17.1. The van der Waals surface area contributed by atoms with E-state index in [9.17, 15) is 9.59 Å². The van der Waals surface area contributed by atoms with Crippen LogP contribution in [-0.2, 0) is 11.2 Å². The predicted molar refractivity (Wildman–Crippen MR) is 88.0 cm³/mol. The number of urea groups is 1. The number of ether oxygens (including phenoxy) is 2. The van der Waals surface area contributed by atoms with Gasteiger partial charge in [0.25, 0.3) is 0 Å². The van der Waals surface area contributed by atoms with Gasteiger partial charge < -0.3 is 25.4 Å². The molecule has 3 N–H and O–H groups in total. The number of amides is 3. The summed E-state index contributed by atoms with van der Waals surface area (Å²) in [5.41, 5.74) is 6.35. The number of piperidine rings is 1. The van der Waals surface area contributed by atoms with Crippen molar-refractivity contribution < 1.29 is 19.1 Å². The summed E-state index contributed by atoms with van der Waals surface area (Å²) in [5, 5.41) is 3.02. The van der Waals surface area contributed by atoms with E-state index in [0.717, 1.165) is 11.3 Å². The second kappa shape index (κ2) is 6.98. The van der Waals surface area contributed by atoms with Gasteiger partial charge >= 0.3 is 6.03 Å². The molecule has 0 radical (unpaired) electrons. The van der Waals surface area contributed by atoms with Crippen molar-refractivity contribution in [3.05, 3.63) is 23.8 Å². The van der Waals surface area contributed by atoms with Crippen LogP contribution >= 0.6 is 0 Å². The second-order valence-corrected chi connectivity index (χ2v) is 6.27. The van der Waals surface area contributed by atoms with Crippen LogP contribution in [-0.4, -0.2) is 49.7 Å². The number of rotatable bonds is 3. The topological polar surface area (TPSA) is 93.9 Å². The average Bonchev–Trinajstić information content (AvgIpc) is 2.61. The Labute approximate surface area is 141 Å². The zero-order valence-corrected chi connectivity index (χ0v) is 13.8. The van der Waals surface area contributed by atoms with Gasteiger partial charge in [-0.25, -0.2) is 4.79 Å². The molecule has 0 saturated carbocycles. The molecule has 24 heavy (non-hydrogen) atoms. The fraction of sp³-hybridized carbons (Fsp3) is 0.529. The van der Waals surface area contributed by atoms with Crippen molar-refractivity contribution in [2.45, 2.75) is 25.3 Å². The summed E-state index contributed by atoms with van der Waals surface area (Å²) in [7, 11) is 1.61. The number of nitrogens with two attached hydrogens (primary N) is 1. The standard InChI is InChI=1S/C17H23N3O4/c1-23-14-4-2-3-12-9-13(10-24-15(12)14)19-17(22)20-7-5-11(6-8-20)16(18)21/h2-4,11,13H,5-10H2,1H3,(H2,18,21)(H,19,22). The van der Waals surface area contributed by atoms with Crippen molar-refractivity contribution in [3.8, 4) is 11.5 Å². The normalized spacial score (nSPS) is 20.7. The third kappa shape index (κ3) is 3.39. The first-order valence-corrected chi connectivity index (χ1v) is 8.22. The summed E-state index contributed by atoms with van der Waals surface area (Å²) < 4.78 is 11.1. The van der Waals surface area contributed by atoms with Gasteiger partial charge in [-0.1, -0.05) is 12.1 Å². The van der Waals surface area contributed by atoms with Gasteiger partial charge in [0, 0.05) is 24.6 Å². The molecular weight excluding hydrogens is 310 g/mol. The Morgan fingerprint density at radius 2 is 2.08 bits per heavy atom. The second-order valence-electron chi connectivity index (χ2n) is 6.27. The molecule has 1 aromatic rings. The molecule has 0 aliphatic carbocycles. The highest BCUT2D eigenvalue weighted by Crippen LogP contribution is 2.34. The van der Waals surface area contributed by atoms with E-state index >= 15 is 0 Å². The highest BCUT2D eigenvalue weighted by molar-refractivity contribution is 5.78. The highest BCUT2D eigenvalue weighted by atomic mass is 16.5. The number of nitrogens with one attached hydrogen (secondary N) is 1. The summed E-state index contributed by atoms with van der Waals surface area (Å²) >= 11 is 0. The number of methoxy groups -OCH3 is 1. The van der Waals surface area contributed by atoms with Crippen molar-refractivity contribution >= 4 is 11.9 Å². The molecule has 3 rings (SSSR count). The van der Waals surface area contributed by atoms with E-state index in [2.05, 4.69) is 5.32 Å². The maximum absolute atomic E-state index is 12.4. The van der Waals surface area contributed by atoms with Crippen LogP contribution in [0.2, 0.25) is 0 Å². The fourth-order valence-electron chi connectivity index (χ4n) is 3.28. The average molecular weight is 333 g/mol. The third-order valence-electron chi connectivity index (χ3n) is 4.69. The quantitative estimate of drug-likeness (QED) is 0.859. The van der Waals surface area contributed by atoms with E-state index in [1.807, 2.05) is 18.2 Å². The van der Waals surface area contributed by atoms with Crippen LogP contribution in [0.5, 0.6) is 11.5 Å². The number of likely N-dealkylation sites (tertiary alicyclic amines) is 1.